The Kier molecular flexibility index (Phi) is 7.11. The standard InChI is InChI=1S/C29H25N7O3S/c1-38-21-10-6-19(7-11-21)24-17-25(20-8-12-22(39-2)13-9-20)35(33-24)28(37)18-40-27-15-14-26-31-32-29(36(26)34-27)23-5-3-4-16-30-23/h3-16,25H,17-18H2,1-2H3. The lowest BCUT2D eigenvalue weighted by Crippen LogP contribution is -2.28. The molecular formula is C29H25N7O3S. The Balaban J connectivity index is 1.24. The predicted octanol–water partition coefficient (Wildman–Crippen LogP) is 4.67. The van der Waals surface area contributed by atoms with Gasteiger partial charge < -0.3 is 9.47 Å². The molecule has 10 nitrogen and oxygen atoms in total. The molecule has 1 unspecified atom stereocenters. The van der Waals surface area contributed by atoms with Gasteiger partial charge in [-0.25, -0.2) is 5.01 Å². The SMILES string of the molecule is COc1ccc(C2=NN(C(=O)CSc3ccc4nnc(-c5ccccn5)n4n3)C(c3ccc(OC)cc3)C2)cc1. The van der Waals surface area contributed by atoms with Crippen molar-refractivity contribution in [3.05, 3.63) is 96.2 Å². The number of carbonyl (C=O) groups excluding carboxylic acids is 1. The van der Waals surface area contributed by atoms with Crippen molar-refractivity contribution in [3.8, 4) is 23.0 Å². The van der Waals surface area contributed by atoms with Crippen molar-refractivity contribution in [2.75, 3.05) is 20.0 Å². The summed E-state index contributed by atoms with van der Waals surface area (Å²) in [6.45, 7) is 0. The minimum Gasteiger partial charge on any atom is -0.497 e. The summed E-state index contributed by atoms with van der Waals surface area (Å²) in [4.78, 5) is 17.9. The number of thioether (sulfide) groups is 1. The second-order valence-corrected chi connectivity index (χ2v) is 9.97. The Morgan fingerprint density at radius 2 is 1.68 bits per heavy atom. The van der Waals surface area contributed by atoms with Crippen molar-refractivity contribution < 1.29 is 14.3 Å². The van der Waals surface area contributed by atoms with Crippen molar-refractivity contribution in [3.63, 3.8) is 0 Å². The van der Waals surface area contributed by atoms with Crippen molar-refractivity contribution in [1.29, 1.82) is 0 Å². The van der Waals surface area contributed by atoms with Crippen molar-refractivity contribution >= 4 is 29.0 Å². The molecule has 4 heterocycles. The zero-order valence-corrected chi connectivity index (χ0v) is 22.7. The van der Waals surface area contributed by atoms with E-state index in [0.717, 1.165) is 28.3 Å². The van der Waals surface area contributed by atoms with Crippen LogP contribution in [0.3, 0.4) is 0 Å². The summed E-state index contributed by atoms with van der Waals surface area (Å²) in [5.74, 6) is 2.10. The Morgan fingerprint density at radius 3 is 2.38 bits per heavy atom. The molecule has 0 saturated heterocycles. The minimum atomic E-state index is -0.236. The Morgan fingerprint density at radius 1 is 0.925 bits per heavy atom. The van der Waals surface area contributed by atoms with Gasteiger partial charge in [0.05, 0.1) is 31.7 Å². The van der Waals surface area contributed by atoms with E-state index in [9.17, 15) is 4.79 Å². The molecule has 0 radical (unpaired) electrons. The molecule has 0 saturated carbocycles. The molecule has 1 aliphatic rings. The molecule has 1 atom stereocenters. The first-order valence-electron chi connectivity index (χ1n) is 12.6. The third-order valence-corrected chi connectivity index (χ3v) is 7.47. The minimum absolute atomic E-state index is 0.120. The van der Waals surface area contributed by atoms with E-state index in [1.165, 1.54) is 11.8 Å². The van der Waals surface area contributed by atoms with Crippen LogP contribution in [0.2, 0.25) is 0 Å². The first-order chi connectivity index (χ1) is 19.6. The van der Waals surface area contributed by atoms with E-state index in [1.54, 1.807) is 29.9 Å². The van der Waals surface area contributed by atoms with Crippen molar-refractivity contribution in [1.82, 2.24) is 29.8 Å². The number of carbonyl (C=O) groups is 1. The maximum absolute atomic E-state index is 13.6. The summed E-state index contributed by atoms with van der Waals surface area (Å²) >= 11 is 1.34. The van der Waals surface area contributed by atoms with Crippen LogP contribution in [0.5, 0.6) is 11.5 Å². The van der Waals surface area contributed by atoms with Crippen LogP contribution in [0.15, 0.2) is 95.2 Å². The highest BCUT2D eigenvalue weighted by Gasteiger charge is 2.33. The average Bonchev–Trinajstić information content (AvgIpc) is 3.65. The van der Waals surface area contributed by atoms with Gasteiger partial charge in [-0.1, -0.05) is 30.0 Å². The molecule has 0 bridgehead atoms. The Hall–Kier alpha value is -4.77. The fourth-order valence-corrected chi connectivity index (χ4v) is 5.20. The molecule has 0 N–H and O–H groups in total. The maximum atomic E-state index is 13.6. The smallest absolute Gasteiger partial charge is 0.253 e. The molecule has 3 aromatic heterocycles. The van der Waals surface area contributed by atoms with Gasteiger partial charge in [0, 0.05) is 12.6 Å². The fraction of sp³-hybridized carbons (Fsp3) is 0.172. The van der Waals surface area contributed by atoms with Crippen LogP contribution in [-0.2, 0) is 4.79 Å². The summed E-state index contributed by atoms with van der Waals surface area (Å²) in [5.41, 5.74) is 4.04. The number of hydrogen-bond acceptors (Lipinski definition) is 9. The van der Waals surface area contributed by atoms with Gasteiger partial charge in [0.2, 0.25) is 5.82 Å². The zero-order valence-electron chi connectivity index (χ0n) is 21.8. The van der Waals surface area contributed by atoms with Gasteiger partial charge in [-0.15, -0.1) is 10.2 Å². The molecule has 5 aromatic rings. The van der Waals surface area contributed by atoms with Crippen molar-refractivity contribution in [2.45, 2.75) is 17.5 Å². The fourth-order valence-electron chi connectivity index (χ4n) is 4.49. The number of fused-ring (bicyclic) bond motifs is 1. The topological polar surface area (TPSA) is 107 Å². The number of amides is 1. The van der Waals surface area contributed by atoms with Crippen LogP contribution in [-0.4, -0.2) is 61.4 Å². The number of pyridine rings is 1. The van der Waals surface area contributed by atoms with E-state index < -0.39 is 0 Å². The molecule has 2 aromatic carbocycles. The lowest BCUT2D eigenvalue weighted by atomic mass is 9.98. The molecule has 0 aliphatic carbocycles. The highest BCUT2D eigenvalue weighted by Crippen LogP contribution is 2.35. The van der Waals surface area contributed by atoms with Crippen molar-refractivity contribution in [2.24, 2.45) is 5.10 Å². The van der Waals surface area contributed by atoms with E-state index in [4.69, 9.17) is 14.6 Å². The highest BCUT2D eigenvalue weighted by atomic mass is 32.2. The number of benzene rings is 2. The van der Waals surface area contributed by atoms with E-state index in [0.29, 0.717) is 28.6 Å². The molecule has 11 heteroatoms. The molecule has 1 aliphatic heterocycles. The summed E-state index contributed by atoms with van der Waals surface area (Å²) < 4.78 is 12.3. The van der Waals surface area contributed by atoms with Crippen LogP contribution in [0.25, 0.3) is 17.2 Å². The monoisotopic (exact) mass is 551 g/mol. The third-order valence-electron chi connectivity index (χ3n) is 6.57. The number of hydrazone groups is 1. The number of ether oxygens (including phenoxy) is 2. The van der Waals surface area contributed by atoms with E-state index >= 15 is 0 Å². The number of nitrogens with zero attached hydrogens (tertiary/aromatic N) is 7. The maximum Gasteiger partial charge on any atom is 0.253 e. The summed E-state index contributed by atoms with van der Waals surface area (Å²) in [6.07, 6.45) is 2.29. The quantitative estimate of drug-likeness (QED) is 0.256. The van der Waals surface area contributed by atoms with E-state index in [2.05, 4.69) is 20.3 Å². The van der Waals surface area contributed by atoms with Gasteiger partial charge in [0.1, 0.15) is 22.2 Å². The predicted molar refractivity (Wildman–Crippen MR) is 151 cm³/mol. The summed E-state index contributed by atoms with van der Waals surface area (Å²) in [6, 6.07) is 24.5. The lowest BCUT2D eigenvalue weighted by molar-refractivity contribution is -0.130. The van der Waals surface area contributed by atoms with Gasteiger partial charge in [-0.05, 0) is 71.8 Å². The molecule has 0 fully saturated rings. The zero-order chi connectivity index (χ0) is 27.5. The number of hydrogen-bond donors (Lipinski definition) is 0. The van der Waals surface area contributed by atoms with Gasteiger partial charge in [0.25, 0.3) is 5.91 Å². The van der Waals surface area contributed by atoms with Gasteiger partial charge in [-0.2, -0.15) is 14.7 Å². The van der Waals surface area contributed by atoms with Crippen LogP contribution < -0.4 is 9.47 Å². The van der Waals surface area contributed by atoms with Crippen LogP contribution in [0.4, 0.5) is 0 Å². The molecule has 200 valence electrons. The first-order valence-corrected chi connectivity index (χ1v) is 13.6. The van der Waals surface area contributed by atoms with E-state index in [-0.39, 0.29) is 17.7 Å². The summed E-state index contributed by atoms with van der Waals surface area (Å²) in [5, 5.41) is 20.1. The average molecular weight is 552 g/mol. The van der Waals surface area contributed by atoms with Crippen LogP contribution in [0.1, 0.15) is 23.6 Å². The Bertz CT molecular complexity index is 1670. The number of rotatable bonds is 8. The van der Waals surface area contributed by atoms with Gasteiger partial charge >= 0.3 is 0 Å². The second-order valence-electron chi connectivity index (χ2n) is 8.98. The number of methoxy groups -OCH3 is 2. The lowest BCUT2D eigenvalue weighted by Gasteiger charge is -2.22. The summed E-state index contributed by atoms with van der Waals surface area (Å²) in [7, 11) is 3.27. The molecule has 6 rings (SSSR count). The molecule has 1 amide bonds. The van der Waals surface area contributed by atoms with Crippen LogP contribution in [0, 0.1) is 0 Å². The second kappa shape index (κ2) is 11.1. The van der Waals surface area contributed by atoms with Crippen LogP contribution >= 0.6 is 11.8 Å². The van der Waals surface area contributed by atoms with E-state index in [1.807, 2.05) is 78.9 Å². The highest BCUT2D eigenvalue weighted by molar-refractivity contribution is 7.99. The molecular weight excluding hydrogens is 526 g/mol. The number of aromatic nitrogens is 5. The first kappa shape index (κ1) is 25.5. The van der Waals surface area contributed by atoms with Gasteiger partial charge in [-0.3, -0.25) is 9.78 Å². The third kappa shape index (κ3) is 5.10. The van der Waals surface area contributed by atoms with Gasteiger partial charge in [0.15, 0.2) is 5.65 Å². The normalized spacial score (nSPS) is 14.8. The Labute approximate surface area is 234 Å². The molecule has 40 heavy (non-hydrogen) atoms. The largest absolute Gasteiger partial charge is 0.497 e. The molecule has 0 spiro atoms.